The highest BCUT2D eigenvalue weighted by Crippen LogP contribution is 2.38. The zero-order chi connectivity index (χ0) is 21.2. The molecule has 3 aromatic rings. The quantitative estimate of drug-likeness (QED) is 0.672. The summed E-state index contributed by atoms with van der Waals surface area (Å²) in [6.07, 6.45) is 4.17. The van der Waals surface area contributed by atoms with E-state index in [1.54, 1.807) is 29.3 Å². The molecule has 1 saturated heterocycles. The molecule has 7 nitrogen and oxygen atoms in total. The van der Waals surface area contributed by atoms with Crippen LogP contribution in [0.2, 0.25) is 0 Å². The molecular formula is C24H22N4O3. The number of fused-ring (bicyclic) bond motifs is 1. The molecule has 0 radical (unpaired) electrons. The largest absolute Gasteiger partial charge is 0.487 e. The van der Waals surface area contributed by atoms with Gasteiger partial charge in [0.15, 0.2) is 0 Å². The SMILES string of the molecule is O=C(NCC1Cc2cccc(-c3cccnc3)c2O1)c1cccc(N2CCNC2=O)c1. The Hall–Kier alpha value is -3.87. The van der Waals surface area contributed by atoms with E-state index < -0.39 is 0 Å². The number of ether oxygens (including phenoxy) is 1. The third kappa shape index (κ3) is 3.82. The number of hydrogen-bond donors (Lipinski definition) is 2. The van der Waals surface area contributed by atoms with E-state index in [2.05, 4.69) is 21.7 Å². The van der Waals surface area contributed by atoms with E-state index in [1.165, 1.54) is 0 Å². The number of pyridine rings is 1. The van der Waals surface area contributed by atoms with Crippen LogP contribution in [0, 0.1) is 0 Å². The van der Waals surface area contributed by atoms with Crippen molar-refractivity contribution in [1.29, 1.82) is 0 Å². The van der Waals surface area contributed by atoms with Gasteiger partial charge in [-0.15, -0.1) is 0 Å². The fourth-order valence-corrected chi connectivity index (χ4v) is 4.04. The first-order chi connectivity index (χ1) is 15.2. The topological polar surface area (TPSA) is 83.6 Å². The lowest BCUT2D eigenvalue weighted by molar-refractivity contribution is 0.0933. The van der Waals surface area contributed by atoms with E-state index in [1.807, 2.05) is 36.5 Å². The zero-order valence-electron chi connectivity index (χ0n) is 16.9. The number of benzene rings is 2. The highest BCUT2D eigenvalue weighted by molar-refractivity contribution is 5.98. The van der Waals surface area contributed by atoms with E-state index >= 15 is 0 Å². The van der Waals surface area contributed by atoms with Crippen molar-refractivity contribution in [3.8, 4) is 16.9 Å². The summed E-state index contributed by atoms with van der Waals surface area (Å²) in [4.78, 5) is 30.4. The van der Waals surface area contributed by atoms with Crippen LogP contribution < -0.4 is 20.3 Å². The van der Waals surface area contributed by atoms with Crippen molar-refractivity contribution >= 4 is 17.6 Å². The molecule has 1 unspecified atom stereocenters. The molecule has 156 valence electrons. The third-order valence-electron chi connectivity index (χ3n) is 5.57. The molecule has 2 aromatic carbocycles. The van der Waals surface area contributed by atoms with Crippen molar-refractivity contribution in [2.75, 3.05) is 24.5 Å². The van der Waals surface area contributed by atoms with Gasteiger partial charge in [0.05, 0.1) is 6.54 Å². The second-order valence-electron chi connectivity index (χ2n) is 7.62. The van der Waals surface area contributed by atoms with Crippen LogP contribution in [0.25, 0.3) is 11.1 Å². The summed E-state index contributed by atoms with van der Waals surface area (Å²) in [7, 11) is 0. The third-order valence-corrected chi connectivity index (χ3v) is 5.57. The van der Waals surface area contributed by atoms with Gasteiger partial charge in [0.2, 0.25) is 0 Å². The van der Waals surface area contributed by atoms with Crippen LogP contribution >= 0.6 is 0 Å². The number of hydrogen-bond acceptors (Lipinski definition) is 4. The number of anilines is 1. The second-order valence-corrected chi connectivity index (χ2v) is 7.62. The number of para-hydroxylation sites is 1. The maximum atomic E-state index is 12.7. The maximum absolute atomic E-state index is 12.7. The molecule has 2 aliphatic heterocycles. The molecule has 0 bridgehead atoms. The van der Waals surface area contributed by atoms with Gasteiger partial charge in [0, 0.05) is 54.3 Å². The monoisotopic (exact) mass is 414 g/mol. The molecule has 0 aliphatic carbocycles. The van der Waals surface area contributed by atoms with Crippen LogP contribution in [0.3, 0.4) is 0 Å². The number of aromatic nitrogens is 1. The lowest BCUT2D eigenvalue weighted by Crippen LogP contribution is -2.34. The Morgan fingerprint density at radius 1 is 1.19 bits per heavy atom. The molecule has 1 atom stereocenters. The highest BCUT2D eigenvalue weighted by Gasteiger charge is 2.26. The molecule has 31 heavy (non-hydrogen) atoms. The van der Waals surface area contributed by atoms with Crippen LogP contribution in [-0.4, -0.2) is 42.7 Å². The summed E-state index contributed by atoms with van der Waals surface area (Å²) < 4.78 is 6.19. The van der Waals surface area contributed by atoms with Crippen LogP contribution in [0.4, 0.5) is 10.5 Å². The molecule has 1 aromatic heterocycles. The summed E-state index contributed by atoms with van der Waals surface area (Å²) >= 11 is 0. The van der Waals surface area contributed by atoms with Crippen LogP contribution in [0.1, 0.15) is 15.9 Å². The van der Waals surface area contributed by atoms with Crippen LogP contribution in [0.15, 0.2) is 67.0 Å². The van der Waals surface area contributed by atoms with Crippen LogP contribution in [0.5, 0.6) is 5.75 Å². The maximum Gasteiger partial charge on any atom is 0.321 e. The fraction of sp³-hybridized carbons (Fsp3) is 0.208. The molecule has 3 amide bonds. The van der Waals surface area contributed by atoms with Gasteiger partial charge in [-0.2, -0.15) is 0 Å². The van der Waals surface area contributed by atoms with Gasteiger partial charge in [0.1, 0.15) is 11.9 Å². The fourth-order valence-electron chi connectivity index (χ4n) is 4.04. The summed E-state index contributed by atoms with van der Waals surface area (Å²) in [5.41, 5.74) is 4.38. The predicted molar refractivity (Wildman–Crippen MR) is 117 cm³/mol. The Kier molecular flexibility index (Phi) is 5.00. The molecule has 2 aliphatic rings. The van der Waals surface area contributed by atoms with Crippen molar-refractivity contribution < 1.29 is 14.3 Å². The molecule has 2 N–H and O–H groups in total. The molecular weight excluding hydrogens is 392 g/mol. The van der Waals surface area contributed by atoms with Crippen molar-refractivity contribution in [2.45, 2.75) is 12.5 Å². The molecule has 1 fully saturated rings. The van der Waals surface area contributed by atoms with E-state index in [0.717, 1.165) is 28.9 Å². The summed E-state index contributed by atoms with van der Waals surface area (Å²) in [6, 6.07) is 17.0. The Morgan fingerprint density at radius 3 is 2.90 bits per heavy atom. The van der Waals surface area contributed by atoms with Gasteiger partial charge in [-0.3, -0.25) is 14.7 Å². The Labute approximate surface area is 180 Å². The van der Waals surface area contributed by atoms with Gasteiger partial charge in [-0.1, -0.05) is 30.3 Å². The molecule has 5 rings (SSSR count). The minimum Gasteiger partial charge on any atom is -0.487 e. The second kappa shape index (κ2) is 8.10. The molecule has 0 saturated carbocycles. The number of amides is 3. The Bertz CT molecular complexity index is 1130. The van der Waals surface area contributed by atoms with Gasteiger partial charge >= 0.3 is 6.03 Å². The van der Waals surface area contributed by atoms with Gasteiger partial charge in [-0.25, -0.2) is 4.79 Å². The van der Waals surface area contributed by atoms with Crippen molar-refractivity contribution in [3.05, 3.63) is 78.1 Å². The van der Waals surface area contributed by atoms with Gasteiger partial charge in [-0.05, 0) is 29.8 Å². The minimum atomic E-state index is -0.187. The zero-order valence-corrected chi connectivity index (χ0v) is 16.9. The van der Waals surface area contributed by atoms with Gasteiger partial charge < -0.3 is 15.4 Å². The van der Waals surface area contributed by atoms with Crippen molar-refractivity contribution in [1.82, 2.24) is 15.6 Å². The Morgan fingerprint density at radius 2 is 2.10 bits per heavy atom. The number of carbonyl (C=O) groups excluding carboxylic acids is 2. The minimum absolute atomic E-state index is 0.135. The van der Waals surface area contributed by atoms with Gasteiger partial charge in [0.25, 0.3) is 5.91 Å². The number of nitrogens with one attached hydrogen (secondary N) is 2. The summed E-state index contributed by atoms with van der Waals surface area (Å²) in [5.74, 6) is 0.672. The summed E-state index contributed by atoms with van der Waals surface area (Å²) in [6.45, 7) is 1.60. The lowest BCUT2D eigenvalue weighted by atomic mass is 10.0. The first-order valence-corrected chi connectivity index (χ1v) is 10.3. The first-order valence-electron chi connectivity index (χ1n) is 10.3. The smallest absolute Gasteiger partial charge is 0.321 e. The number of nitrogens with zero attached hydrogens (tertiary/aromatic N) is 2. The predicted octanol–water partition coefficient (Wildman–Crippen LogP) is 3.01. The average Bonchev–Trinajstić information content (AvgIpc) is 3.43. The standard InChI is InChI=1S/C24H22N4O3/c29-23(17-5-1-7-19(12-17)28-11-10-26-24(28)30)27-15-20-13-16-4-2-8-21(22(16)31-20)18-6-3-9-25-14-18/h1-9,12,14,20H,10-11,13,15H2,(H,26,30)(H,27,29). The molecule has 0 spiro atoms. The van der Waals surface area contributed by atoms with Crippen molar-refractivity contribution in [2.24, 2.45) is 0 Å². The molecule has 3 heterocycles. The summed E-state index contributed by atoms with van der Waals surface area (Å²) in [5, 5.41) is 5.74. The van der Waals surface area contributed by atoms with E-state index in [-0.39, 0.29) is 18.0 Å². The average molecular weight is 414 g/mol. The number of carbonyl (C=O) groups is 2. The van der Waals surface area contributed by atoms with E-state index in [0.29, 0.717) is 30.9 Å². The normalized spacial score (nSPS) is 17.1. The van der Waals surface area contributed by atoms with E-state index in [9.17, 15) is 9.59 Å². The number of rotatable bonds is 5. The van der Waals surface area contributed by atoms with E-state index in [4.69, 9.17) is 4.74 Å². The number of urea groups is 1. The molecule has 7 heteroatoms. The Balaban J connectivity index is 1.25. The lowest BCUT2D eigenvalue weighted by Gasteiger charge is -2.16. The first kappa shape index (κ1) is 19.1. The van der Waals surface area contributed by atoms with Crippen molar-refractivity contribution in [3.63, 3.8) is 0 Å². The van der Waals surface area contributed by atoms with Crippen LogP contribution in [-0.2, 0) is 6.42 Å². The highest BCUT2D eigenvalue weighted by atomic mass is 16.5.